The summed E-state index contributed by atoms with van der Waals surface area (Å²) in [7, 11) is 0. The summed E-state index contributed by atoms with van der Waals surface area (Å²) < 4.78 is 0. The first-order valence-electron chi connectivity index (χ1n) is 10.2. The van der Waals surface area contributed by atoms with Gasteiger partial charge in [0, 0.05) is 6.54 Å². The van der Waals surface area contributed by atoms with Gasteiger partial charge in [0.05, 0.1) is 6.04 Å². The summed E-state index contributed by atoms with van der Waals surface area (Å²) in [5.41, 5.74) is 6.57. The molecule has 1 heterocycles. The second-order valence-corrected chi connectivity index (χ2v) is 7.45. The summed E-state index contributed by atoms with van der Waals surface area (Å²) in [6, 6.07) is 7.10. The van der Waals surface area contributed by atoms with Gasteiger partial charge >= 0.3 is 11.9 Å². The predicted octanol–water partition coefficient (Wildman–Crippen LogP) is -0.414. The van der Waals surface area contributed by atoms with Gasteiger partial charge in [0.15, 0.2) is 0 Å². The van der Waals surface area contributed by atoms with Gasteiger partial charge in [-0.1, -0.05) is 36.8 Å². The van der Waals surface area contributed by atoms with E-state index in [1.807, 2.05) is 30.3 Å². The van der Waals surface area contributed by atoms with Gasteiger partial charge in [-0.05, 0) is 50.6 Å². The lowest BCUT2D eigenvalue weighted by atomic mass is 10.0. The lowest BCUT2D eigenvalue weighted by Crippen LogP contribution is -2.54. The van der Waals surface area contributed by atoms with Crippen molar-refractivity contribution in [1.82, 2.24) is 10.2 Å². The Balaban J connectivity index is 0.00000450. The molecule has 1 saturated heterocycles. The maximum atomic E-state index is 13.1. The summed E-state index contributed by atoms with van der Waals surface area (Å²) >= 11 is 0. The Labute approximate surface area is 182 Å². The third-order valence-corrected chi connectivity index (χ3v) is 5.33. The van der Waals surface area contributed by atoms with Crippen molar-refractivity contribution in [3.05, 3.63) is 35.9 Å². The van der Waals surface area contributed by atoms with Crippen molar-refractivity contribution >= 4 is 17.8 Å². The quantitative estimate of drug-likeness (QED) is 0.316. The highest BCUT2D eigenvalue weighted by Crippen LogP contribution is 2.20. The first kappa shape index (κ1) is 28.5. The molecule has 1 aliphatic rings. The van der Waals surface area contributed by atoms with E-state index < -0.39 is 30.1 Å². The number of carbonyl (C=O) groups excluding carboxylic acids is 1. The first-order chi connectivity index (χ1) is 13.9. The Morgan fingerprint density at radius 3 is 2.32 bits per heavy atom. The number of amides is 1. The zero-order valence-corrected chi connectivity index (χ0v) is 17.6. The van der Waals surface area contributed by atoms with Gasteiger partial charge in [-0.3, -0.25) is 14.9 Å². The van der Waals surface area contributed by atoms with E-state index in [0.29, 0.717) is 51.6 Å². The van der Waals surface area contributed by atoms with Crippen molar-refractivity contribution in [2.75, 3.05) is 13.1 Å². The lowest BCUT2D eigenvalue weighted by Gasteiger charge is -2.29. The number of aryl methyl sites for hydroxylation is 1. The van der Waals surface area contributed by atoms with Crippen LogP contribution < -0.4 is 11.1 Å². The molecular formula is C21H35N3O7. The zero-order chi connectivity index (χ0) is 21.2. The van der Waals surface area contributed by atoms with Crippen LogP contribution >= 0.6 is 0 Å². The number of nitrogens with two attached hydrogens (primary N) is 1. The molecule has 3 atom stereocenters. The molecule has 0 spiro atoms. The number of hydrogen-bond donors (Lipinski definition) is 4. The van der Waals surface area contributed by atoms with Crippen LogP contribution in [-0.4, -0.2) is 75.1 Å². The van der Waals surface area contributed by atoms with Crippen LogP contribution in [0.15, 0.2) is 30.3 Å². The van der Waals surface area contributed by atoms with Crippen molar-refractivity contribution < 1.29 is 35.5 Å². The molecule has 1 amide bonds. The average molecular weight is 442 g/mol. The van der Waals surface area contributed by atoms with E-state index in [1.165, 1.54) is 4.90 Å². The molecular weight excluding hydrogens is 406 g/mol. The van der Waals surface area contributed by atoms with E-state index in [9.17, 15) is 24.6 Å². The second kappa shape index (κ2) is 14.5. The molecule has 10 nitrogen and oxygen atoms in total. The summed E-state index contributed by atoms with van der Waals surface area (Å²) in [5.74, 6) is -2.37. The number of unbranched alkanes of at least 4 members (excludes halogenated alkanes) is 1. The van der Waals surface area contributed by atoms with Crippen LogP contribution in [0.5, 0.6) is 0 Å². The Hall–Kier alpha value is -2.53. The van der Waals surface area contributed by atoms with Crippen molar-refractivity contribution in [3.63, 3.8) is 0 Å². The van der Waals surface area contributed by atoms with Crippen molar-refractivity contribution in [1.29, 1.82) is 0 Å². The van der Waals surface area contributed by atoms with Gasteiger partial charge in [-0.2, -0.15) is 0 Å². The summed E-state index contributed by atoms with van der Waals surface area (Å²) in [6.45, 7) is 0.866. The van der Waals surface area contributed by atoms with Gasteiger partial charge in [-0.25, -0.2) is 4.79 Å². The molecule has 2 rings (SSSR count). The Morgan fingerprint density at radius 1 is 1.06 bits per heavy atom. The fourth-order valence-electron chi connectivity index (χ4n) is 3.73. The third kappa shape index (κ3) is 8.62. The normalized spacial score (nSPS) is 17.2. The summed E-state index contributed by atoms with van der Waals surface area (Å²) in [5, 5.41) is 22.0. The highest BCUT2D eigenvalue weighted by atomic mass is 16.4. The van der Waals surface area contributed by atoms with Crippen LogP contribution in [0.25, 0.3) is 0 Å². The standard InChI is InChI=1S/C21H31N3O5.2H2O/c22-13-5-4-9-16(19(25)24-14-6-10-18(24)21(28)29)23-17(20(26)27)12-11-15-7-2-1-3-8-15;;/h1-3,7-8,16-18,23H,4-6,9-14,22H2,(H,26,27)(H,28,29);2*1H2/t16-,17-,18?;;/m0../s1. The summed E-state index contributed by atoms with van der Waals surface area (Å²) in [4.78, 5) is 37.7. The highest BCUT2D eigenvalue weighted by molar-refractivity contribution is 5.88. The molecule has 0 bridgehead atoms. The Morgan fingerprint density at radius 2 is 1.74 bits per heavy atom. The minimum Gasteiger partial charge on any atom is -0.480 e. The van der Waals surface area contributed by atoms with Gasteiger partial charge in [-0.15, -0.1) is 0 Å². The monoisotopic (exact) mass is 441 g/mol. The topological polar surface area (TPSA) is 196 Å². The maximum Gasteiger partial charge on any atom is 0.326 e. The number of carbonyl (C=O) groups is 3. The molecule has 176 valence electrons. The zero-order valence-electron chi connectivity index (χ0n) is 17.6. The minimum atomic E-state index is -1.02. The van der Waals surface area contributed by atoms with E-state index in [2.05, 4.69) is 5.32 Å². The Kier molecular flexibility index (Phi) is 13.3. The fourth-order valence-corrected chi connectivity index (χ4v) is 3.73. The fraction of sp³-hybridized carbons (Fsp3) is 0.571. The molecule has 1 unspecified atom stereocenters. The molecule has 0 radical (unpaired) electrons. The maximum absolute atomic E-state index is 13.1. The van der Waals surface area contributed by atoms with Gasteiger partial charge in [0.25, 0.3) is 0 Å². The number of likely N-dealkylation sites (tertiary alicyclic amines) is 1. The van der Waals surface area contributed by atoms with E-state index >= 15 is 0 Å². The van der Waals surface area contributed by atoms with Crippen LogP contribution in [0.3, 0.4) is 0 Å². The van der Waals surface area contributed by atoms with E-state index in [-0.39, 0.29) is 16.9 Å². The molecule has 31 heavy (non-hydrogen) atoms. The van der Waals surface area contributed by atoms with Crippen molar-refractivity contribution in [3.8, 4) is 0 Å². The molecule has 1 aromatic carbocycles. The smallest absolute Gasteiger partial charge is 0.326 e. The molecule has 0 aliphatic carbocycles. The highest BCUT2D eigenvalue weighted by Gasteiger charge is 2.38. The van der Waals surface area contributed by atoms with Crippen LogP contribution in [-0.2, 0) is 20.8 Å². The van der Waals surface area contributed by atoms with Crippen LogP contribution in [0, 0.1) is 0 Å². The van der Waals surface area contributed by atoms with E-state index in [0.717, 1.165) is 12.0 Å². The number of benzene rings is 1. The van der Waals surface area contributed by atoms with Gasteiger partial charge in [0.2, 0.25) is 5.91 Å². The largest absolute Gasteiger partial charge is 0.480 e. The number of nitrogens with one attached hydrogen (secondary N) is 1. The predicted molar refractivity (Wildman–Crippen MR) is 116 cm³/mol. The van der Waals surface area contributed by atoms with Gasteiger partial charge in [0.1, 0.15) is 12.1 Å². The number of carboxylic acids is 2. The molecule has 9 N–H and O–H groups in total. The molecule has 10 heteroatoms. The molecule has 1 aliphatic heterocycles. The van der Waals surface area contributed by atoms with Gasteiger partial charge < -0.3 is 31.8 Å². The number of hydrogen-bond acceptors (Lipinski definition) is 5. The minimum absolute atomic E-state index is 0. The lowest BCUT2D eigenvalue weighted by molar-refractivity contribution is -0.149. The van der Waals surface area contributed by atoms with Crippen molar-refractivity contribution in [2.45, 2.75) is 63.1 Å². The number of rotatable bonds is 12. The number of aliphatic carboxylic acids is 2. The van der Waals surface area contributed by atoms with Crippen molar-refractivity contribution in [2.24, 2.45) is 5.73 Å². The molecule has 0 aromatic heterocycles. The van der Waals surface area contributed by atoms with E-state index in [1.54, 1.807) is 0 Å². The van der Waals surface area contributed by atoms with Crippen LogP contribution in [0.4, 0.5) is 0 Å². The van der Waals surface area contributed by atoms with E-state index in [4.69, 9.17) is 5.73 Å². The SMILES string of the molecule is NCCCC[C@H](N[C@@H](CCc1ccccc1)C(=O)O)C(=O)N1CCCC1C(=O)O.O.O. The first-order valence-corrected chi connectivity index (χ1v) is 10.2. The molecule has 1 fully saturated rings. The Bertz CT molecular complexity index is 687. The van der Waals surface area contributed by atoms with Crippen LogP contribution in [0.2, 0.25) is 0 Å². The molecule has 1 aromatic rings. The number of nitrogens with zero attached hydrogens (tertiary/aromatic N) is 1. The average Bonchev–Trinajstić information content (AvgIpc) is 3.20. The third-order valence-electron chi connectivity index (χ3n) is 5.33. The number of carboxylic acid groups (broad SMARTS) is 2. The molecule has 0 saturated carbocycles. The second-order valence-electron chi connectivity index (χ2n) is 7.45. The van der Waals surface area contributed by atoms with Crippen LogP contribution in [0.1, 0.15) is 44.1 Å². The summed E-state index contributed by atoms with van der Waals surface area (Å²) in [6.07, 6.45) is 3.76.